The van der Waals surface area contributed by atoms with Crippen molar-refractivity contribution >= 4 is 5.97 Å². The van der Waals surface area contributed by atoms with Gasteiger partial charge < -0.3 is 4.74 Å². The summed E-state index contributed by atoms with van der Waals surface area (Å²) in [5, 5.41) is 0. The Balaban J connectivity index is 2.46. The standard InChI is InChI=1S/C8H12O2/c1-3-4-7-5-6(2)10-8(7)9/h3,6-7H,1,4-5H2,2H3/t6-,7?/m0/s1. The summed E-state index contributed by atoms with van der Waals surface area (Å²) in [6.45, 7) is 5.49. The highest BCUT2D eigenvalue weighted by Gasteiger charge is 2.30. The SMILES string of the molecule is C=CCC1C[C@H](C)OC1=O. The molecule has 0 aromatic rings. The Labute approximate surface area is 60.9 Å². The zero-order valence-electron chi connectivity index (χ0n) is 6.17. The lowest BCUT2D eigenvalue weighted by molar-refractivity contribution is -0.143. The number of cyclic esters (lactones) is 1. The van der Waals surface area contributed by atoms with E-state index in [1.807, 2.05) is 6.92 Å². The van der Waals surface area contributed by atoms with Crippen molar-refractivity contribution < 1.29 is 9.53 Å². The van der Waals surface area contributed by atoms with Gasteiger partial charge in [0.1, 0.15) is 0 Å². The van der Waals surface area contributed by atoms with Crippen LogP contribution in [0.4, 0.5) is 0 Å². The topological polar surface area (TPSA) is 26.3 Å². The first-order chi connectivity index (χ1) is 4.74. The Hall–Kier alpha value is -0.790. The van der Waals surface area contributed by atoms with Crippen molar-refractivity contribution in [1.82, 2.24) is 0 Å². The average molecular weight is 140 g/mol. The smallest absolute Gasteiger partial charge is 0.309 e. The molecule has 1 aliphatic rings. The summed E-state index contributed by atoms with van der Waals surface area (Å²) in [5.74, 6) is 0.0138. The van der Waals surface area contributed by atoms with Crippen LogP contribution >= 0.6 is 0 Å². The van der Waals surface area contributed by atoms with Crippen LogP contribution in [0.5, 0.6) is 0 Å². The zero-order valence-corrected chi connectivity index (χ0v) is 6.17. The molecule has 0 bridgehead atoms. The normalized spacial score (nSPS) is 31.9. The fourth-order valence-electron chi connectivity index (χ4n) is 1.23. The van der Waals surface area contributed by atoms with E-state index in [2.05, 4.69) is 6.58 Å². The van der Waals surface area contributed by atoms with Gasteiger partial charge in [0.15, 0.2) is 0 Å². The number of ether oxygens (including phenoxy) is 1. The highest BCUT2D eigenvalue weighted by atomic mass is 16.5. The van der Waals surface area contributed by atoms with Crippen LogP contribution in [0.15, 0.2) is 12.7 Å². The minimum atomic E-state index is -0.0626. The average Bonchev–Trinajstić information content (AvgIpc) is 2.13. The van der Waals surface area contributed by atoms with Crippen LogP contribution in [-0.2, 0) is 9.53 Å². The molecule has 1 unspecified atom stereocenters. The maximum absolute atomic E-state index is 10.9. The van der Waals surface area contributed by atoms with Gasteiger partial charge in [0, 0.05) is 0 Å². The second kappa shape index (κ2) is 2.86. The van der Waals surface area contributed by atoms with Gasteiger partial charge in [0.2, 0.25) is 0 Å². The van der Waals surface area contributed by atoms with Gasteiger partial charge >= 0.3 is 5.97 Å². The van der Waals surface area contributed by atoms with Crippen LogP contribution in [0.25, 0.3) is 0 Å². The molecule has 2 nitrogen and oxygen atoms in total. The van der Waals surface area contributed by atoms with Crippen molar-refractivity contribution in [2.75, 3.05) is 0 Å². The number of carbonyl (C=O) groups is 1. The van der Waals surface area contributed by atoms with Gasteiger partial charge in [0.05, 0.1) is 12.0 Å². The van der Waals surface area contributed by atoms with E-state index in [0.717, 1.165) is 12.8 Å². The van der Waals surface area contributed by atoms with E-state index in [1.165, 1.54) is 0 Å². The van der Waals surface area contributed by atoms with E-state index >= 15 is 0 Å². The van der Waals surface area contributed by atoms with Crippen molar-refractivity contribution in [2.45, 2.75) is 25.9 Å². The molecule has 2 atom stereocenters. The molecule has 56 valence electrons. The van der Waals surface area contributed by atoms with E-state index in [0.29, 0.717) is 0 Å². The number of carbonyl (C=O) groups excluding carboxylic acids is 1. The molecule has 2 heteroatoms. The Morgan fingerprint density at radius 1 is 1.90 bits per heavy atom. The molecule has 1 heterocycles. The molecular weight excluding hydrogens is 128 g/mol. The molecule has 0 N–H and O–H groups in total. The summed E-state index contributed by atoms with van der Waals surface area (Å²) in [6.07, 6.45) is 3.48. The molecule has 1 saturated heterocycles. The van der Waals surface area contributed by atoms with Gasteiger partial charge in [-0.1, -0.05) is 6.08 Å². The Bertz CT molecular complexity index is 151. The summed E-state index contributed by atoms with van der Waals surface area (Å²) in [6, 6.07) is 0. The van der Waals surface area contributed by atoms with Crippen molar-refractivity contribution in [3.63, 3.8) is 0 Å². The predicted octanol–water partition coefficient (Wildman–Crippen LogP) is 1.51. The van der Waals surface area contributed by atoms with Gasteiger partial charge in [-0.2, -0.15) is 0 Å². The molecule has 1 rings (SSSR count). The minimum Gasteiger partial charge on any atom is -0.462 e. The van der Waals surface area contributed by atoms with Gasteiger partial charge in [-0.05, 0) is 19.8 Å². The molecule has 0 spiro atoms. The highest BCUT2D eigenvalue weighted by Crippen LogP contribution is 2.23. The predicted molar refractivity (Wildman–Crippen MR) is 38.5 cm³/mol. The summed E-state index contributed by atoms with van der Waals surface area (Å²) in [7, 11) is 0. The number of allylic oxidation sites excluding steroid dienone is 1. The summed E-state index contributed by atoms with van der Waals surface area (Å²) < 4.78 is 4.94. The van der Waals surface area contributed by atoms with Gasteiger partial charge in [-0.15, -0.1) is 6.58 Å². The second-order valence-electron chi connectivity index (χ2n) is 2.70. The second-order valence-corrected chi connectivity index (χ2v) is 2.70. The Morgan fingerprint density at radius 3 is 3.00 bits per heavy atom. The third kappa shape index (κ3) is 1.38. The fourth-order valence-corrected chi connectivity index (χ4v) is 1.23. The quantitative estimate of drug-likeness (QED) is 0.429. The molecule has 0 aliphatic carbocycles. The van der Waals surface area contributed by atoms with E-state index in [1.54, 1.807) is 6.08 Å². The number of hydrogen-bond donors (Lipinski definition) is 0. The molecule has 0 aromatic heterocycles. The van der Waals surface area contributed by atoms with Gasteiger partial charge in [-0.3, -0.25) is 4.79 Å². The van der Waals surface area contributed by atoms with Crippen LogP contribution in [0.2, 0.25) is 0 Å². The monoisotopic (exact) mass is 140 g/mol. The molecule has 0 amide bonds. The first kappa shape index (κ1) is 7.32. The number of rotatable bonds is 2. The van der Waals surface area contributed by atoms with Crippen molar-refractivity contribution in [1.29, 1.82) is 0 Å². The minimum absolute atomic E-state index is 0.0626. The Morgan fingerprint density at radius 2 is 2.60 bits per heavy atom. The lowest BCUT2D eigenvalue weighted by atomic mass is 10.0. The van der Waals surface area contributed by atoms with Crippen LogP contribution in [0.1, 0.15) is 19.8 Å². The van der Waals surface area contributed by atoms with Crippen molar-refractivity contribution in [3.8, 4) is 0 Å². The van der Waals surface area contributed by atoms with E-state index < -0.39 is 0 Å². The number of hydrogen-bond acceptors (Lipinski definition) is 2. The zero-order chi connectivity index (χ0) is 7.56. The van der Waals surface area contributed by atoms with Gasteiger partial charge in [0.25, 0.3) is 0 Å². The first-order valence-corrected chi connectivity index (χ1v) is 3.55. The Kier molecular flexibility index (Phi) is 2.10. The summed E-state index contributed by atoms with van der Waals surface area (Å²) >= 11 is 0. The molecule has 0 radical (unpaired) electrons. The van der Waals surface area contributed by atoms with Crippen molar-refractivity contribution in [2.24, 2.45) is 5.92 Å². The maximum atomic E-state index is 10.9. The molecule has 0 saturated carbocycles. The van der Waals surface area contributed by atoms with Crippen molar-refractivity contribution in [3.05, 3.63) is 12.7 Å². The highest BCUT2D eigenvalue weighted by molar-refractivity contribution is 5.74. The van der Waals surface area contributed by atoms with E-state index in [-0.39, 0.29) is 18.0 Å². The first-order valence-electron chi connectivity index (χ1n) is 3.55. The molecule has 10 heavy (non-hydrogen) atoms. The van der Waals surface area contributed by atoms with Crippen LogP contribution in [-0.4, -0.2) is 12.1 Å². The lowest BCUT2D eigenvalue weighted by Gasteiger charge is -1.96. The molecule has 0 aromatic carbocycles. The molecule has 1 aliphatic heterocycles. The van der Waals surface area contributed by atoms with E-state index in [9.17, 15) is 4.79 Å². The van der Waals surface area contributed by atoms with Crippen LogP contribution in [0.3, 0.4) is 0 Å². The van der Waals surface area contributed by atoms with Gasteiger partial charge in [-0.25, -0.2) is 0 Å². The summed E-state index contributed by atoms with van der Waals surface area (Å²) in [5.41, 5.74) is 0. The van der Waals surface area contributed by atoms with Crippen LogP contribution in [0, 0.1) is 5.92 Å². The summed E-state index contributed by atoms with van der Waals surface area (Å²) in [4.78, 5) is 10.9. The lowest BCUT2D eigenvalue weighted by Crippen LogP contribution is -2.05. The largest absolute Gasteiger partial charge is 0.462 e. The molecule has 1 fully saturated rings. The number of esters is 1. The van der Waals surface area contributed by atoms with Crippen LogP contribution < -0.4 is 0 Å². The maximum Gasteiger partial charge on any atom is 0.309 e. The van der Waals surface area contributed by atoms with E-state index in [4.69, 9.17) is 4.74 Å². The molecular formula is C8H12O2. The fraction of sp³-hybridized carbons (Fsp3) is 0.625. The third-order valence-electron chi connectivity index (χ3n) is 1.72. The third-order valence-corrected chi connectivity index (χ3v) is 1.72.